The Morgan fingerprint density at radius 3 is 2.93 bits per heavy atom. The molecule has 82 valence electrons. The fourth-order valence-electron chi connectivity index (χ4n) is 2.22. The van der Waals surface area contributed by atoms with Gasteiger partial charge >= 0.3 is 0 Å². The second-order valence-corrected chi connectivity index (χ2v) is 4.21. The minimum absolute atomic E-state index is 0.267. The summed E-state index contributed by atoms with van der Waals surface area (Å²) in [7, 11) is 0. The van der Waals surface area contributed by atoms with E-state index in [0.717, 1.165) is 32.5 Å². The summed E-state index contributed by atoms with van der Waals surface area (Å²) in [4.78, 5) is 2.32. The molecule has 0 fully saturated rings. The molecule has 1 heterocycles. The van der Waals surface area contributed by atoms with E-state index < -0.39 is 0 Å². The zero-order valence-electron chi connectivity index (χ0n) is 9.37. The minimum Gasteiger partial charge on any atom is -0.395 e. The van der Waals surface area contributed by atoms with Crippen LogP contribution in [0.5, 0.6) is 0 Å². The van der Waals surface area contributed by atoms with Crippen LogP contribution in [-0.4, -0.2) is 29.7 Å². The Morgan fingerprint density at radius 1 is 1.33 bits per heavy atom. The molecule has 1 N–H and O–H groups in total. The smallest absolute Gasteiger partial charge is 0.0558 e. The van der Waals surface area contributed by atoms with Crippen LogP contribution in [0.15, 0.2) is 18.2 Å². The summed E-state index contributed by atoms with van der Waals surface area (Å²) < 4.78 is 0. The van der Waals surface area contributed by atoms with Gasteiger partial charge in [-0.2, -0.15) is 0 Å². The predicted octanol–water partition coefficient (Wildman–Crippen LogP) is 1.60. The number of rotatable bonds is 3. The summed E-state index contributed by atoms with van der Waals surface area (Å²) in [6.07, 6.45) is 2.23. The second-order valence-electron chi connectivity index (χ2n) is 4.21. The number of aryl methyl sites for hydroxylation is 1. The van der Waals surface area contributed by atoms with Gasteiger partial charge in [0.1, 0.15) is 0 Å². The lowest BCUT2D eigenvalue weighted by atomic mass is 9.97. The van der Waals surface area contributed by atoms with E-state index in [2.05, 4.69) is 30.0 Å². The van der Waals surface area contributed by atoms with Crippen LogP contribution in [0.25, 0.3) is 0 Å². The molecule has 1 aromatic rings. The lowest BCUT2D eigenvalue weighted by Gasteiger charge is -2.28. The van der Waals surface area contributed by atoms with E-state index in [9.17, 15) is 0 Å². The summed E-state index contributed by atoms with van der Waals surface area (Å²) in [5, 5.41) is 8.93. The molecule has 0 saturated carbocycles. The quantitative estimate of drug-likeness (QED) is 0.810. The van der Waals surface area contributed by atoms with Gasteiger partial charge in [-0.3, -0.25) is 4.90 Å². The van der Waals surface area contributed by atoms with Gasteiger partial charge in [0.15, 0.2) is 0 Å². The first-order valence-electron chi connectivity index (χ1n) is 5.77. The van der Waals surface area contributed by atoms with Gasteiger partial charge in [-0.05, 0) is 29.5 Å². The molecule has 2 rings (SSSR count). The van der Waals surface area contributed by atoms with E-state index in [4.69, 9.17) is 5.11 Å². The summed E-state index contributed by atoms with van der Waals surface area (Å²) >= 11 is 0. The van der Waals surface area contributed by atoms with Crippen LogP contribution in [0.3, 0.4) is 0 Å². The van der Waals surface area contributed by atoms with Crippen molar-refractivity contribution in [1.82, 2.24) is 4.90 Å². The highest BCUT2D eigenvalue weighted by atomic mass is 16.3. The predicted molar refractivity (Wildman–Crippen MR) is 61.9 cm³/mol. The summed E-state index contributed by atoms with van der Waals surface area (Å²) in [6.45, 7) is 5.34. The number of benzene rings is 1. The molecule has 0 aliphatic carbocycles. The third-order valence-electron chi connectivity index (χ3n) is 3.19. The van der Waals surface area contributed by atoms with Gasteiger partial charge in [0.05, 0.1) is 6.61 Å². The van der Waals surface area contributed by atoms with Crippen molar-refractivity contribution in [3.05, 3.63) is 34.9 Å². The number of nitrogens with zero attached hydrogens (tertiary/aromatic N) is 1. The number of β-amino-alcohol motifs (C(OH)–C–C–N with tert-alkyl or cyclic N) is 1. The number of aliphatic hydroxyl groups is 1. The average molecular weight is 205 g/mol. The van der Waals surface area contributed by atoms with Crippen molar-refractivity contribution in [3.8, 4) is 0 Å². The topological polar surface area (TPSA) is 23.5 Å². The Bertz CT molecular complexity index is 335. The Balaban J connectivity index is 2.16. The molecule has 2 heteroatoms. The minimum atomic E-state index is 0.267. The van der Waals surface area contributed by atoms with Crippen molar-refractivity contribution in [2.45, 2.75) is 26.3 Å². The Labute approximate surface area is 91.5 Å². The number of aliphatic hydroxyl groups excluding tert-OH is 1. The maximum atomic E-state index is 8.93. The largest absolute Gasteiger partial charge is 0.395 e. The molecule has 0 atom stereocenters. The first kappa shape index (κ1) is 10.7. The van der Waals surface area contributed by atoms with Crippen molar-refractivity contribution in [2.75, 3.05) is 19.7 Å². The molecule has 1 aliphatic rings. The number of hydrogen-bond acceptors (Lipinski definition) is 2. The first-order chi connectivity index (χ1) is 7.33. The Hall–Kier alpha value is -0.860. The van der Waals surface area contributed by atoms with Gasteiger partial charge in [0, 0.05) is 19.6 Å². The van der Waals surface area contributed by atoms with Crippen LogP contribution >= 0.6 is 0 Å². The summed E-state index contributed by atoms with van der Waals surface area (Å²) in [5.41, 5.74) is 4.36. The van der Waals surface area contributed by atoms with Crippen LogP contribution in [0.1, 0.15) is 23.6 Å². The highest BCUT2D eigenvalue weighted by molar-refractivity contribution is 5.33. The van der Waals surface area contributed by atoms with Crippen LogP contribution in [0.2, 0.25) is 0 Å². The summed E-state index contributed by atoms with van der Waals surface area (Å²) in [5.74, 6) is 0. The van der Waals surface area contributed by atoms with E-state index >= 15 is 0 Å². The molecule has 2 nitrogen and oxygen atoms in total. The first-order valence-corrected chi connectivity index (χ1v) is 5.77. The number of fused-ring (bicyclic) bond motifs is 1. The van der Waals surface area contributed by atoms with Gasteiger partial charge in [-0.15, -0.1) is 0 Å². The molecule has 0 saturated heterocycles. The van der Waals surface area contributed by atoms with E-state index in [1.54, 1.807) is 0 Å². The van der Waals surface area contributed by atoms with Crippen LogP contribution in [-0.2, 0) is 19.4 Å². The van der Waals surface area contributed by atoms with Crippen molar-refractivity contribution in [2.24, 2.45) is 0 Å². The molecule has 15 heavy (non-hydrogen) atoms. The summed E-state index contributed by atoms with van der Waals surface area (Å²) in [6, 6.07) is 6.82. The fourth-order valence-corrected chi connectivity index (χ4v) is 2.22. The Kier molecular flexibility index (Phi) is 3.39. The lowest BCUT2D eigenvalue weighted by Crippen LogP contribution is -2.32. The number of hydrogen-bond donors (Lipinski definition) is 1. The van der Waals surface area contributed by atoms with Gasteiger partial charge in [0.2, 0.25) is 0 Å². The molecule has 0 amide bonds. The molecule has 0 aromatic heterocycles. The van der Waals surface area contributed by atoms with Crippen LogP contribution < -0.4 is 0 Å². The highest BCUT2D eigenvalue weighted by Gasteiger charge is 2.15. The lowest BCUT2D eigenvalue weighted by molar-refractivity contribution is 0.184. The van der Waals surface area contributed by atoms with Gasteiger partial charge < -0.3 is 5.11 Å². The van der Waals surface area contributed by atoms with E-state index in [1.807, 2.05) is 0 Å². The van der Waals surface area contributed by atoms with Crippen molar-refractivity contribution in [1.29, 1.82) is 0 Å². The van der Waals surface area contributed by atoms with E-state index in [-0.39, 0.29) is 6.61 Å². The maximum absolute atomic E-state index is 8.93. The molecular weight excluding hydrogens is 186 g/mol. The maximum Gasteiger partial charge on any atom is 0.0558 e. The molecule has 0 radical (unpaired) electrons. The average Bonchev–Trinajstić information content (AvgIpc) is 2.28. The van der Waals surface area contributed by atoms with Crippen molar-refractivity contribution in [3.63, 3.8) is 0 Å². The van der Waals surface area contributed by atoms with Crippen LogP contribution in [0.4, 0.5) is 0 Å². The molecule has 1 aliphatic heterocycles. The van der Waals surface area contributed by atoms with Gasteiger partial charge in [-0.25, -0.2) is 0 Å². The van der Waals surface area contributed by atoms with E-state index in [0.29, 0.717) is 0 Å². The fraction of sp³-hybridized carbons (Fsp3) is 0.538. The van der Waals surface area contributed by atoms with Crippen LogP contribution in [0, 0.1) is 0 Å². The second kappa shape index (κ2) is 4.77. The standard InChI is InChI=1S/C13H19NO/c1-2-11-3-4-12-5-6-14(7-8-15)10-13(12)9-11/h3-4,9,15H,2,5-8,10H2,1H3. The molecule has 0 spiro atoms. The van der Waals surface area contributed by atoms with Crippen molar-refractivity contribution >= 4 is 0 Å². The zero-order chi connectivity index (χ0) is 10.7. The monoisotopic (exact) mass is 205 g/mol. The Morgan fingerprint density at radius 2 is 2.20 bits per heavy atom. The van der Waals surface area contributed by atoms with Gasteiger partial charge in [-0.1, -0.05) is 25.1 Å². The highest BCUT2D eigenvalue weighted by Crippen LogP contribution is 2.20. The van der Waals surface area contributed by atoms with Gasteiger partial charge in [0.25, 0.3) is 0 Å². The van der Waals surface area contributed by atoms with E-state index in [1.165, 1.54) is 16.7 Å². The third-order valence-corrected chi connectivity index (χ3v) is 3.19. The van der Waals surface area contributed by atoms with Crippen molar-refractivity contribution < 1.29 is 5.11 Å². The zero-order valence-corrected chi connectivity index (χ0v) is 9.37. The SMILES string of the molecule is CCc1ccc2c(c1)CN(CCO)CC2. The molecular formula is C13H19NO. The third kappa shape index (κ3) is 2.39. The molecule has 0 bridgehead atoms. The molecule has 1 aromatic carbocycles. The molecule has 0 unspecified atom stereocenters. The normalized spacial score (nSPS) is 16.4.